The molecule has 0 aromatic carbocycles. The van der Waals surface area contributed by atoms with Gasteiger partial charge in [-0.1, -0.05) is 0 Å². The molecule has 1 amide bonds. The third kappa shape index (κ3) is 1.58. The SMILES string of the molecule is CC(C)(Cl)C(=O)N1CC1. The van der Waals surface area contributed by atoms with Crippen LogP contribution in [0.4, 0.5) is 0 Å². The topological polar surface area (TPSA) is 20.1 Å². The number of carbonyl (C=O) groups is 1. The molecule has 0 spiro atoms. The van der Waals surface area contributed by atoms with Crippen molar-refractivity contribution >= 4 is 17.5 Å². The predicted octanol–water partition coefficient (Wildman–Crippen LogP) is 0.846. The average Bonchev–Trinajstić information content (AvgIpc) is 2.40. The highest BCUT2D eigenvalue weighted by Gasteiger charge is 2.34. The van der Waals surface area contributed by atoms with Gasteiger partial charge in [-0.3, -0.25) is 4.79 Å². The summed E-state index contributed by atoms with van der Waals surface area (Å²) in [6.45, 7) is 5.20. The molecule has 52 valence electrons. The molecule has 0 radical (unpaired) electrons. The normalized spacial score (nSPS) is 17.9. The summed E-state index contributed by atoms with van der Waals surface area (Å²) < 4.78 is 0. The summed E-state index contributed by atoms with van der Waals surface area (Å²) in [6, 6.07) is 0. The van der Waals surface area contributed by atoms with Crippen LogP contribution < -0.4 is 0 Å². The minimum Gasteiger partial charge on any atom is -0.338 e. The lowest BCUT2D eigenvalue weighted by atomic mass is 10.2. The van der Waals surface area contributed by atoms with Gasteiger partial charge in [0.05, 0.1) is 0 Å². The highest BCUT2D eigenvalue weighted by Crippen LogP contribution is 2.20. The van der Waals surface area contributed by atoms with E-state index in [1.165, 1.54) is 0 Å². The van der Waals surface area contributed by atoms with E-state index in [0.29, 0.717) is 0 Å². The quantitative estimate of drug-likeness (QED) is 0.398. The first-order valence-corrected chi connectivity index (χ1v) is 3.38. The van der Waals surface area contributed by atoms with Crippen molar-refractivity contribution in [2.24, 2.45) is 0 Å². The van der Waals surface area contributed by atoms with Gasteiger partial charge in [0.15, 0.2) is 0 Å². The van der Waals surface area contributed by atoms with E-state index in [4.69, 9.17) is 11.6 Å². The maximum absolute atomic E-state index is 11.0. The van der Waals surface area contributed by atoms with Crippen LogP contribution in [-0.2, 0) is 4.79 Å². The molecule has 0 saturated carbocycles. The van der Waals surface area contributed by atoms with E-state index in [1.807, 2.05) is 0 Å². The van der Waals surface area contributed by atoms with Crippen LogP contribution in [0, 0.1) is 0 Å². The summed E-state index contributed by atoms with van der Waals surface area (Å²) in [7, 11) is 0. The van der Waals surface area contributed by atoms with Gasteiger partial charge < -0.3 is 4.90 Å². The summed E-state index contributed by atoms with van der Waals surface area (Å²) in [4.78, 5) is 12.1. The first-order chi connectivity index (χ1) is 4.02. The third-order valence-electron chi connectivity index (χ3n) is 1.24. The molecule has 0 unspecified atom stereocenters. The number of halogens is 1. The van der Waals surface area contributed by atoms with E-state index in [1.54, 1.807) is 18.7 Å². The fourth-order valence-electron chi connectivity index (χ4n) is 0.629. The Balaban J connectivity index is 2.50. The van der Waals surface area contributed by atoms with E-state index in [-0.39, 0.29) is 5.91 Å². The third-order valence-corrected chi connectivity index (χ3v) is 1.40. The molecule has 1 aliphatic heterocycles. The zero-order chi connectivity index (χ0) is 7.07. The predicted molar refractivity (Wildman–Crippen MR) is 36.5 cm³/mol. The molecule has 1 aliphatic rings. The first kappa shape index (κ1) is 6.87. The molecule has 0 bridgehead atoms. The second-order valence-corrected chi connectivity index (χ2v) is 3.71. The van der Waals surface area contributed by atoms with E-state index in [0.717, 1.165) is 13.1 Å². The van der Waals surface area contributed by atoms with E-state index < -0.39 is 4.87 Å². The average molecular weight is 148 g/mol. The molecular formula is C6H10ClNO. The molecule has 0 atom stereocenters. The highest BCUT2D eigenvalue weighted by molar-refractivity contribution is 6.34. The Hall–Kier alpha value is -0.240. The Labute approximate surface area is 59.8 Å². The van der Waals surface area contributed by atoms with Gasteiger partial charge in [0.1, 0.15) is 4.87 Å². The maximum Gasteiger partial charge on any atom is 0.243 e. The molecule has 0 N–H and O–H groups in total. The number of amides is 1. The number of rotatable bonds is 1. The van der Waals surface area contributed by atoms with Crippen LogP contribution in [0.25, 0.3) is 0 Å². The molecule has 1 saturated heterocycles. The summed E-state index contributed by atoms with van der Waals surface area (Å²) in [5, 5.41) is 0. The summed E-state index contributed by atoms with van der Waals surface area (Å²) >= 11 is 5.73. The Morgan fingerprint density at radius 2 is 2.00 bits per heavy atom. The summed E-state index contributed by atoms with van der Waals surface area (Å²) in [6.07, 6.45) is 0. The zero-order valence-electron chi connectivity index (χ0n) is 5.65. The fraction of sp³-hybridized carbons (Fsp3) is 0.833. The molecule has 1 rings (SSSR count). The molecule has 1 fully saturated rings. The van der Waals surface area contributed by atoms with Crippen molar-refractivity contribution in [2.45, 2.75) is 18.7 Å². The number of alkyl halides is 1. The van der Waals surface area contributed by atoms with Crippen molar-refractivity contribution in [3.8, 4) is 0 Å². The van der Waals surface area contributed by atoms with Crippen molar-refractivity contribution in [1.29, 1.82) is 0 Å². The van der Waals surface area contributed by atoms with E-state index >= 15 is 0 Å². The highest BCUT2D eigenvalue weighted by atomic mass is 35.5. The molecule has 0 aromatic rings. The van der Waals surface area contributed by atoms with Crippen molar-refractivity contribution in [2.75, 3.05) is 13.1 Å². The lowest BCUT2D eigenvalue weighted by Gasteiger charge is -2.13. The maximum atomic E-state index is 11.0. The summed E-state index contributed by atoms with van der Waals surface area (Å²) in [5.74, 6) is 0.0455. The molecule has 3 heteroatoms. The van der Waals surface area contributed by atoms with Gasteiger partial charge in [0.25, 0.3) is 0 Å². The summed E-state index contributed by atoms with van der Waals surface area (Å²) in [5.41, 5.74) is 0. The van der Waals surface area contributed by atoms with Crippen molar-refractivity contribution in [3.05, 3.63) is 0 Å². The van der Waals surface area contributed by atoms with Crippen LogP contribution in [0.1, 0.15) is 13.8 Å². The Bertz CT molecular complexity index is 134. The molecule has 0 aliphatic carbocycles. The van der Waals surface area contributed by atoms with Crippen molar-refractivity contribution in [1.82, 2.24) is 4.90 Å². The largest absolute Gasteiger partial charge is 0.338 e. The van der Waals surface area contributed by atoms with Crippen LogP contribution in [0.5, 0.6) is 0 Å². The lowest BCUT2D eigenvalue weighted by molar-refractivity contribution is -0.127. The molecule has 9 heavy (non-hydrogen) atoms. The van der Waals surface area contributed by atoms with Crippen molar-refractivity contribution in [3.63, 3.8) is 0 Å². The van der Waals surface area contributed by atoms with Crippen LogP contribution in [0.2, 0.25) is 0 Å². The van der Waals surface area contributed by atoms with Gasteiger partial charge >= 0.3 is 0 Å². The van der Waals surface area contributed by atoms with Crippen LogP contribution in [-0.4, -0.2) is 28.8 Å². The van der Waals surface area contributed by atoms with E-state index in [9.17, 15) is 4.79 Å². The van der Waals surface area contributed by atoms with Gasteiger partial charge in [0, 0.05) is 13.1 Å². The smallest absolute Gasteiger partial charge is 0.243 e. The molecule has 2 nitrogen and oxygen atoms in total. The number of nitrogens with zero attached hydrogens (tertiary/aromatic N) is 1. The first-order valence-electron chi connectivity index (χ1n) is 3.00. The van der Waals surface area contributed by atoms with Gasteiger partial charge in [0.2, 0.25) is 5.91 Å². The van der Waals surface area contributed by atoms with Gasteiger partial charge in [-0.05, 0) is 13.8 Å². The molecule has 0 aromatic heterocycles. The molecule has 1 heterocycles. The zero-order valence-corrected chi connectivity index (χ0v) is 6.40. The second kappa shape index (κ2) is 1.87. The van der Waals surface area contributed by atoms with Crippen LogP contribution in [0.15, 0.2) is 0 Å². The number of hydrogen-bond donors (Lipinski definition) is 0. The van der Waals surface area contributed by atoms with Crippen LogP contribution >= 0.6 is 11.6 Å². The monoisotopic (exact) mass is 147 g/mol. The Kier molecular flexibility index (Phi) is 1.43. The van der Waals surface area contributed by atoms with Gasteiger partial charge in [-0.15, -0.1) is 11.6 Å². The molecular weight excluding hydrogens is 138 g/mol. The number of carbonyl (C=O) groups excluding carboxylic acids is 1. The fourth-order valence-corrected chi connectivity index (χ4v) is 0.749. The Morgan fingerprint density at radius 1 is 1.56 bits per heavy atom. The van der Waals surface area contributed by atoms with Crippen LogP contribution in [0.3, 0.4) is 0 Å². The van der Waals surface area contributed by atoms with Gasteiger partial charge in [-0.2, -0.15) is 0 Å². The van der Waals surface area contributed by atoms with Gasteiger partial charge in [-0.25, -0.2) is 0 Å². The standard InChI is InChI=1S/C6H10ClNO/c1-6(2,7)5(9)8-3-4-8/h3-4H2,1-2H3. The minimum atomic E-state index is -0.698. The minimum absolute atomic E-state index is 0.0455. The number of hydrogen-bond acceptors (Lipinski definition) is 1. The Morgan fingerprint density at radius 3 is 2.11 bits per heavy atom. The van der Waals surface area contributed by atoms with Crippen molar-refractivity contribution < 1.29 is 4.79 Å². The lowest BCUT2D eigenvalue weighted by Crippen LogP contribution is -2.31. The van der Waals surface area contributed by atoms with E-state index in [2.05, 4.69) is 0 Å². The second-order valence-electron chi connectivity index (χ2n) is 2.76.